The van der Waals surface area contributed by atoms with Crippen LogP contribution in [0.15, 0.2) is 24.3 Å². The van der Waals surface area contributed by atoms with Gasteiger partial charge in [-0.3, -0.25) is 9.59 Å². The average Bonchev–Trinajstić information content (AvgIpc) is 3.11. The Morgan fingerprint density at radius 1 is 1.12 bits per heavy atom. The quantitative estimate of drug-likeness (QED) is 0.571. The van der Waals surface area contributed by atoms with Gasteiger partial charge in [-0.1, -0.05) is 0 Å². The van der Waals surface area contributed by atoms with Crippen molar-refractivity contribution in [3.8, 4) is 0 Å². The molecule has 0 unspecified atom stereocenters. The molecule has 0 N–H and O–H groups in total. The van der Waals surface area contributed by atoms with Gasteiger partial charge in [-0.05, 0) is 37.1 Å². The Balaban J connectivity index is 2.14. The second kappa shape index (κ2) is 4.08. The summed E-state index contributed by atoms with van der Waals surface area (Å²) in [7, 11) is 3.87. The molecule has 0 spiro atoms. The molecule has 1 aliphatic rings. The predicted octanol–water partition coefficient (Wildman–Crippen LogP) is 1.91. The normalized spacial score (nSPS) is 14.6. The van der Waals surface area contributed by atoms with Gasteiger partial charge in [0, 0.05) is 31.3 Å². The maximum absolute atomic E-state index is 11.7. The van der Waals surface area contributed by atoms with Crippen LogP contribution in [0.2, 0.25) is 0 Å². The van der Waals surface area contributed by atoms with Gasteiger partial charge in [0.05, 0.1) is 0 Å². The van der Waals surface area contributed by atoms with Crippen molar-refractivity contribution in [2.45, 2.75) is 12.8 Å². The highest BCUT2D eigenvalue weighted by molar-refractivity contribution is 6.44. The van der Waals surface area contributed by atoms with Gasteiger partial charge in [0.25, 0.3) is 0 Å². The number of anilines is 1. The number of hydrogen-bond acceptors (Lipinski definition) is 3. The predicted molar refractivity (Wildman–Crippen MR) is 62.8 cm³/mol. The van der Waals surface area contributed by atoms with Crippen LogP contribution < -0.4 is 4.90 Å². The molecular formula is C13H15NO2. The molecule has 0 aromatic heterocycles. The van der Waals surface area contributed by atoms with Crippen molar-refractivity contribution in [1.29, 1.82) is 0 Å². The first-order valence-corrected chi connectivity index (χ1v) is 5.45. The van der Waals surface area contributed by atoms with Crippen LogP contribution in [-0.2, 0) is 4.79 Å². The van der Waals surface area contributed by atoms with E-state index in [9.17, 15) is 9.59 Å². The topological polar surface area (TPSA) is 37.4 Å². The number of ketones is 2. The largest absolute Gasteiger partial charge is 0.378 e. The molecule has 1 aliphatic carbocycles. The molecule has 3 nitrogen and oxygen atoms in total. The first kappa shape index (κ1) is 10.9. The maximum atomic E-state index is 11.7. The van der Waals surface area contributed by atoms with Crippen molar-refractivity contribution in [3.63, 3.8) is 0 Å². The summed E-state index contributed by atoms with van der Waals surface area (Å²) in [5, 5.41) is 0. The minimum atomic E-state index is -0.340. The van der Waals surface area contributed by atoms with E-state index in [1.54, 1.807) is 12.1 Å². The number of rotatable bonds is 4. The minimum Gasteiger partial charge on any atom is -0.378 e. The van der Waals surface area contributed by atoms with Crippen molar-refractivity contribution in [3.05, 3.63) is 29.8 Å². The average molecular weight is 217 g/mol. The number of carbonyl (C=O) groups excluding carboxylic acids is 2. The van der Waals surface area contributed by atoms with Crippen LogP contribution in [0.5, 0.6) is 0 Å². The number of nitrogens with zero attached hydrogens (tertiary/aromatic N) is 1. The van der Waals surface area contributed by atoms with Gasteiger partial charge in [-0.2, -0.15) is 0 Å². The zero-order valence-electron chi connectivity index (χ0n) is 9.56. The summed E-state index contributed by atoms with van der Waals surface area (Å²) in [6.07, 6.45) is 1.75. The second-order valence-electron chi connectivity index (χ2n) is 4.41. The Morgan fingerprint density at radius 2 is 1.69 bits per heavy atom. The molecule has 1 fully saturated rings. The number of benzene rings is 1. The lowest BCUT2D eigenvalue weighted by molar-refractivity contribution is -0.116. The Labute approximate surface area is 95.1 Å². The van der Waals surface area contributed by atoms with Gasteiger partial charge in [0.1, 0.15) is 0 Å². The summed E-state index contributed by atoms with van der Waals surface area (Å²) in [6.45, 7) is 0. The van der Waals surface area contributed by atoms with Gasteiger partial charge < -0.3 is 4.90 Å². The third-order valence-electron chi connectivity index (χ3n) is 2.82. The highest BCUT2D eigenvalue weighted by atomic mass is 16.2. The molecule has 1 aromatic rings. The van der Waals surface area contributed by atoms with E-state index in [1.165, 1.54) is 0 Å². The van der Waals surface area contributed by atoms with Crippen LogP contribution in [-0.4, -0.2) is 25.7 Å². The van der Waals surface area contributed by atoms with Gasteiger partial charge in [-0.15, -0.1) is 0 Å². The Bertz CT molecular complexity index is 416. The molecule has 0 amide bonds. The molecule has 0 radical (unpaired) electrons. The van der Waals surface area contributed by atoms with Gasteiger partial charge in [0.15, 0.2) is 0 Å². The smallest absolute Gasteiger partial charge is 0.228 e. The third kappa shape index (κ3) is 2.13. The molecule has 16 heavy (non-hydrogen) atoms. The molecule has 3 heteroatoms. The van der Waals surface area contributed by atoms with E-state index < -0.39 is 0 Å². The fourth-order valence-corrected chi connectivity index (χ4v) is 1.58. The van der Waals surface area contributed by atoms with Crippen molar-refractivity contribution >= 4 is 17.3 Å². The van der Waals surface area contributed by atoms with E-state index in [-0.39, 0.29) is 17.5 Å². The van der Waals surface area contributed by atoms with Crippen LogP contribution in [0.1, 0.15) is 23.2 Å². The van der Waals surface area contributed by atoms with Gasteiger partial charge in [-0.25, -0.2) is 0 Å². The number of hydrogen-bond donors (Lipinski definition) is 0. The van der Waals surface area contributed by atoms with Gasteiger partial charge in [0.2, 0.25) is 11.6 Å². The lowest BCUT2D eigenvalue weighted by Crippen LogP contribution is -2.16. The van der Waals surface area contributed by atoms with E-state index in [2.05, 4.69) is 0 Å². The lowest BCUT2D eigenvalue weighted by atomic mass is 10.0. The standard InChI is InChI=1S/C13H15NO2/c1-14(2)11-7-5-10(6-8-11)13(16)12(15)9-3-4-9/h5-9H,3-4H2,1-2H3. The summed E-state index contributed by atoms with van der Waals surface area (Å²) < 4.78 is 0. The van der Waals surface area contributed by atoms with Crippen molar-refractivity contribution in [2.24, 2.45) is 5.92 Å². The van der Waals surface area contributed by atoms with E-state index in [0.717, 1.165) is 18.5 Å². The zero-order valence-corrected chi connectivity index (χ0v) is 9.56. The molecule has 0 aliphatic heterocycles. The fourth-order valence-electron chi connectivity index (χ4n) is 1.58. The van der Waals surface area contributed by atoms with Crippen molar-refractivity contribution < 1.29 is 9.59 Å². The van der Waals surface area contributed by atoms with Gasteiger partial charge >= 0.3 is 0 Å². The van der Waals surface area contributed by atoms with Crippen LogP contribution in [0.25, 0.3) is 0 Å². The first-order chi connectivity index (χ1) is 7.59. The number of Topliss-reactive ketones (excluding diaryl/α,β-unsaturated/α-hetero) is 2. The van der Waals surface area contributed by atoms with Crippen molar-refractivity contribution in [1.82, 2.24) is 0 Å². The van der Waals surface area contributed by atoms with E-state index in [4.69, 9.17) is 0 Å². The second-order valence-corrected chi connectivity index (χ2v) is 4.41. The van der Waals surface area contributed by atoms with E-state index in [1.807, 2.05) is 31.1 Å². The minimum absolute atomic E-state index is 0.000949. The summed E-state index contributed by atoms with van der Waals surface area (Å²) in [6, 6.07) is 7.15. The summed E-state index contributed by atoms with van der Waals surface area (Å²) >= 11 is 0. The molecule has 84 valence electrons. The molecule has 2 rings (SSSR count). The molecule has 1 aromatic carbocycles. The molecule has 0 heterocycles. The lowest BCUT2D eigenvalue weighted by Gasteiger charge is -2.12. The molecule has 0 atom stereocenters. The molecular weight excluding hydrogens is 202 g/mol. The highest BCUT2D eigenvalue weighted by Gasteiger charge is 2.34. The molecule has 0 saturated heterocycles. The van der Waals surface area contributed by atoms with E-state index >= 15 is 0 Å². The molecule has 1 saturated carbocycles. The van der Waals surface area contributed by atoms with Crippen molar-refractivity contribution in [2.75, 3.05) is 19.0 Å². The summed E-state index contributed by atoms with van der Waals surface area (Å²) in [4.78, 5) is 25.3. The number of carbonyl (C=O) groups is 2. The zero-order chi connectivity index (χ0) is 11.7. The van der Waals surface area contributed by atoms with Crippen LogP contribution in [0.3, 0.4) is 0 Å². The first-order valence-electron chi connectivity index (χ1n) is 5.45. The Morgan fingerprint density at radius 3 is 2.12 bits per heavy atom. The Hall–Kier alpha value is -1.64. The maximum Gasteiger partial charge on any atom is 0.228 e. The van der Waals surface area contributed by atoms with Crippen LogP contribution >= 0.6 is 0 Å². The monoisotopic (exact) mass is 217 g/mol. The van der Waals surface area contributed by atoms with E-state index in [0.29, 0.717) is 5.56 Å². The Kier molecular flexibility index (Phi) is 2.77. The summed E-state index contributed by atoms with van der Waals surface area (Å²) in [5.41, 5.74) is 1.53. The van der Waals surface area contributed by atoms with Crippen LogP contribution in [0.4, 0.5) is 5.69 Å². The fraction of sp³-hybridized carbons (Fsp3) is 0.385. The highest BCUT2D eigenvalue weighted by Crippen LogP contribution is 2.31. The third-order valence-corrected chi connectivity index (χ3v) is 2.82. The molecule has 0 bridgehead atoms. The van der Waals surface area contributed by atoms with Crippen LogP contribution in [0, 0.1) is 5.92 Å². The summed E-state index contributed by atoms with van der Waals surface area (Å²) in [5.74, 6) is -0.563. The SMILES string of the molecule is CN(C)c1ccc(C(=O)C(=O)C2CC2)cc1.